The third-order valence-electron chi connectivity index (χ3n) is 1.91. The van der Waals surface area contributed by atoms with Gasteiger partial charge < -0.3 is 5.11 Å². The number of rotatable bonds is 3. The Kier molecular flexibility index (Phi) is 3.46. The van der Waals surface area contributed by atoms with Crippen LogP contribution in [0, 0.1) is 0 Å². The van der Waals surface area contributed by atoms with Crippen molar-refractivity contribution in [3.05, 3.63) is 35.4 Å². The van der Waals surface area contributed by atoms with E-state index in [9.17, 15) is 26.4 Å². The molecule has 0 aliphatic carbocycles. The third-order valence-corrected chi connectivity index (χ3v) is 3.33. The van der Waals surface area contributed by atoms with E-state index < -0.39 is 27.1 Å². The number of alkyl halides is 3. The maximum absolute atomic E-state index is 12.0. The van der Waals surface area contributed by atoms with Crippen LogP contribution in [0.2, 0.25) is 0 Å². The molecule has 94 valence electrons. The van der Waals surface area contributed by atoms with Crippen LogP contribution in [0.1, 0.15) is 15.9 Å². The van der Waals surface area contributed by atoms with E-state index in [1.165, 1.54) is 0 Å². The molecule has 0 unspecified atom stereocenters. The van der Waals surface area contributed by atoms with Gasteiger partial charge in [0.15, 0.2) is 0 Å². The molecule has 0 heterocycles. The summed E-state index contributed by atoms with van der Waals surface area (Å²) in [4.78, 5) is 10.5. The van der Waals surface area contributed by atoms with E-state index in [-0.39, 0.29) is 11.1 Å². The molecule has 1 rings (SSSR count). The fourth-order valence-corrected chi connectivity index (χ4v) is 1.84. The lowest BCUT2D eigenvalue weighted by Gasteiger charge is -2.07. The fourth-order valence-electron chi connectivity index (χ4n) is 1.04. The zero-order valence-electron chi connectivity index (χ0n) is 8.23. The number of halogens is 3. The molecule has 0 saturated heterocycles. The molecule has 0 radical (unpaired) electrons. The number of carbonyl (C=O) groups is 1. The van der Waals surface area contributed by atoms with Crippen LogP contribution in [0.3, 0.4) is 0 Å². The molecule has 0 spiro atoms. The van der Waals surface area contributed by atoms with Crippen LogP contribution in [0.25, 0.3) is 0 Å². The van der Waals surface area contributed by atoms with Crippen molar-refractivity contribution < 1.29 is 31.5 Å². The van der Waals surface area contributed by atoms with Gasteiger partial charge in [-0.2, -0.15) is 13.2 Å². The van der Waals surface area contributed by atoms with E-state index in [0.29, 0.717) is 0 Å². The Morgan fingerprint density at radius 3 is 2.00 bits per heavy atom. The van der Waals surface area contributed by atoms with Gasteiger partial charge in [0.2, 0.25) is 0 Å². The highest BCUT2D eigenvalue weighted by Crippen LogP contribution is 2.26. The second-order valence-corrected chi connectivity index (χ2v) is 5.19. The van der Waals surface area contributed by atoms with Crippen molar-refractivity contribution in [3.8, 4) is 0 Å². The molecule has 0 saturated carbocycles. The summed E-state index contributed by atoms with van der Waals surface area (Å²) < 4.78 is 57.7. The Hall–Kier alpha value is -1.57. The molecule has 0 amide bonds. The normalized spacial score (nSPS) is 12.4. The van der Waals surface area contributed by atoms with Crippen molar-refractivity contribution in [2.45, 2.75) is 11.3 Å². The summed E-state index contributed by atoms with van der Waals surface area (Å²) in [7, 11) is -5.23. The van der Waals surface area contributed by atoms with Crippen molar-refractivity contribution >= 4 is 15.8 Å². The van der Waals surface area contributed by atoms with E-state index in [4.69, 9.17) is 5.11 Å². The first-order chi connectivity index (χ1) is 7.63. The molecule has 0 fully saturated rings. The first kappa shape index (κ1) is 13.5. The maximum Gasteiger partial charge on any atom is 0.497 e. The minimum Gasteiger partial charge on any atom is -0.478 e. The lowest BCUT2D eigenvalue weighted by molar-refractivity contribution is -0.0437. The van der Waals surface area contributed by atoms with Crippen LogP contribution in [0.4, 0.5) is 13.2 Å². The number of carboxylic acids is 1. The molecule has 1 aromatic carbocycles. The number of hydrogen-bond acceptors (Lipinski definition) is 3. The Morgan fingerprint density at radius 1 is 1.18 bits per heavy atom. The first-order valence-electron chi connectivity index (χ1n) is 4.25. The molecule has 0 aliphatic heterocycles. The quantitative estimate of drug-likeness (QED) is 0.907. The predicted molar refractivity (Wildman–Crippen MR) is 52.1 cm³/mol. The van der Waals surface area contributed by atoms with Gasteiger partial charge in [-0.15, -0.1) is 0 Å². The van der Waals surface area contributed by atoms with Crippen molar-refractivity contribution in [2.24, 2.45) is 0 Å². The second-order valence-electron chi connectivity index (χ2n) is 3.21. The zero-order valence-corrected chi connectivity index (χ0v) is 9.05. The van der Waals surface area contributed by atoms with Crippen LogP contribution in [-0.2, 0) is 15.6 Å². The minimum absolute atomic E-state index is 0.118. The lowest BCUT2D eigenvalue weighted by Crippen LogP contribution is -2.24. The highest BCUT2D eigenvalue weighted by molar-refractivity contribution is 7.91. The largest absolute Gasteiger partial charge is 0.497 e. The van der Waals surface area contributed by atoms with Crippen molar-refractivity contribution in [1.29, 1.82) is 0 Å². The summed E-state index contributed by atoms with van der Waals surface area (Å²) in [6.45, 7) is 0. The molecule has 1 aromatic rings. The van der Waals surface area contributed by atoms with Crippen LogP contribution < -0.4 is 0 Å². The standard InChI is InChI=1S/C9H7F3O4S/c10-9(11,12)17(15,16)5-6-1-3-7(4-2-6)8(13)14/h1-4H,5H2,(H,13,14). The van der Waals surface area contributed by atoms with Gasteiger partial charge in [0.05, 0.1) is 11.3 Å². The maximum atomic E-state index is 12.0. The average molecular weight is 268 g/mol. The fraction of sp³-hybridized carbons (Fsp3) is 0.222. The van der Waals surface area contributed by atoms with Gasteiger partial charge in [-0.1, -0.05) is 12.1 Å². The predicted octanol–water partition coefficient (Wildman–Crippen LogP) is 1.82. The van der Waals surface area contributed by atoms with E-state index in [1.54, 1.807) is 0 Å². The number of carboxylic acid groups (broad SMARTS) is 1. The lowest BCUT2D eigenvalue weighted by atomic mass is 10.1. The SMILES string of the molecule is O=C(O)c1ccc(CS(=O)(=O)C(F)(F)F)cc1. The summed E-state index contributed by atoms with van der Waals surface area (Å²) in [6, 6.07) is 4.16. The van der Waals surface area contributed by atoms with Crippen molar-refractivity contribution in [1.82, 2.24) is 0 Å². The summed E-state index contributed by atoms with van der Waals surface area (Å²) in [6.07, 6.45) is 0. The minimum atomic E-state index is -5.31. The molecule has 1 N–H and O–H groups in total. The molecule has 8 heteroatoms. The Bertz CT molecular complexity index is 516. The highest BCUT2D eigenvalue weighted by Gasteiger charge is 2.45. The summed E-state index contributed by atoms with van der Waals surface area (Å²) in [5.74, 6) is -2.44. The Labute approximate surface area is 94.6 Å². The molecule has 17 heavy (non-hydrogen) atoms. The van der Waals surface area contributed by atoms with Crippen molar-refractivity contribution in [2.75, 3.05) is 0 Å². The van der Waals surface area contributed by atoms with Crippen LogP contribution in [0.5, 0.6) is 0 Å². The van der Waals surface area contributed by atoms with Crippen LogP contribution in [0.15, 0.2) is 24.3 Å². The summed E-state index contributed by atoms with van der Waals surface area (Å²) >= 11 is 0. The molecule has 0 aliphatic rings. The van der Waals surface area contributed by atoms with Gasteiger partial charge in [-0.05, 0) is 17.7 Å². The smallest absolute Gasteiger partial charge is 0.478 e. The number of benzene rings is 1. The van der Waals surface area contributed by atoms with Gasteiger partial charge in [-0.3, -0.25) is 0 Å². The van der Waals surface area contributed by atoms with E-state index in [0.717, 1.165) is 24.3 Å². The number of hydrogen-bond donors (Lipinski definition) is 1. The van der Waals surface area contributed by atoms with Gasteiger partial charge >= 0.3 is 11.5 Å². The van der Waals surface area contributed by atoms with E-state index >= 15 is 0 Å². The van der Waals surface area contributed by atoms with E-state index in [1.807, 2.05) is 0 Å². The highest BCUT2D eigenvalue weighted by atomic mass is 32.2. The third kappa shape index (κ3) is 3.19. The van der Waals surface area contributed by atoms with Gasteiger partial charge in [0.25, 0.3) is 9.84 Å². The van der Waals surface area contributed by atoms with Gasteiger partial charge in [0.1, 0.15) is 0 Å². The Morgan fingerprint density at radius 2 is 1.65 bits per heavy atom. The molecular weight excluding hydrogens is 261 g/mol. The zero-order chi connectivity index (χ0) is 13.3. The topological polar surface area (TPSA) is 71.4 Å². The molecule has 0 bridgehead atoms. The number of aromatic carboxylic acids is 1. The van der Waals surface area contributed by atoms with Gasteiger partial charge in [-0.25, -0.2) is 13.2 Å². The second kappa shape index (κ2) is 4.36. The summed E-state index contributed by atoms with van der Waals surface area (Å²) in [5, 5.41) is 8.54. The molecule has 0 atom stereocenters. The van der Waals surface area contributed by atoms with Crippen LogP contribution in [-0.4, -0.2) is 25.0 Å². The first-order valence-corrected chi connectivity index (χ1v) is 5.90. The summed E-state index contributed by atoms with van der Waals surface area (Å²) in [5.41, 5.74) is -5.55. The monoisotopic (exact) mass is 268 g/mol. The van der Waals surface area contributed by atoms with E-state index in [2.05, 4.69) is 0 Å². The van der Waals surface area contributed by atoms with Crippen molar-refractivity contribution in [3.63, 3.8) is 0 Å². The molecule has 4 nitrogen and oxygen atoms in total. The Balaban J connectivity index is 2.95. The average Bonchev–Trinajstić information content (AvgIpc) is 2.16. The van der Waals surface area contributed by atoms with Crippen LogP contribution >= 0.6 is 0 Å². The molecule has 0 aromatic heterocycles. The number of sulfone groups is 1. The molecular formula is C9H7F3O4S. The van der Waals surface area contributed by atoms with Gasteiger partial charge in [0, 0.05) is 0 Å².